The fourth-order valence-electron chi connectivity index (χ4n) is 5.22. The van der Waals surface area contributed by atoms with Gasteiger partial charge in [0.1, 0.15) is 36.3 Å². The van der Waals surface area contributed by atoms with Crippen LogP contribution in [0.3, 0.4) is 0 Å². The molecule has 2 heterocycles. The molecule has 2 fully saturated rings. The third kappa shape index (κ3) is 10.7. The number of hydrogen-bond acceptors (Lipinski definition) is 9. The molecule has 2 saturated heterocycles. The van der Waals surface area contributed by atoms with Crippen LogP contribution in [0.1, 0.15) is 67.2 Å². The van der Waals surface area contributed by atoms with Crippen molar-refractivity contribution < 1.29 is 43.5 Å². The highest BCUT2D eigenvalue weighted by atomic mass is 16.3. The zero-order valence-corrected chi connectivity index (χ0v) is 27.2. The van der Waals surface area contributed by atoms with Crippen LogP contribution in [-0.4, -0.2) is 113 Å². The molecule has 8 amide bonds. The largest absolute Gasteiger partial charge is 0.391 e. The summed E-state index contributed by atoms with van der Waals surface area (Å²) in [5.74, 6) is -6.93. The third-order valence-corrected chi connectivity index (χ3v) is 7.70. The number of nitrogens with two attached hydrogens (primary N) is 1. The van der Waals surface area contributed by atoms with Crippen molar-refractivity contribution in [3.05, 3.63) is 0 Å². The van der Waals surface area contributed by atoms with Gasteiger partial charge in [-0.05, 0) is 44.9 Å². The van der Waals surface area contributed by atoms with Gasteiger partial charge in [0.15, 0.2) is 0 Å². The number of nitrogens with zero attached hydrogens (tertiary/aromatic N) is 1. The summed E-state index contributed by atoms with van der Waals surface area (Å²) in [6, 6.07) is -7.58. The molecule has 0 aliphatic carbocycles. The first-order valence-electron chi connectivity index (χ1n) is 15.5. The van der Waals surface area contributed by atoms with Crippen LogP contribution in [-0.2, 0) is 38.4 Å². The predicted octanol–water partition coefficient (Wildman–Crippen LogP) is -3.49. The summed E-state index contributed by atoms with van der Waals surface area (Å²) in [5.41, 5.74) is 5.31. The van der Waals surface area contributed by atoms with Gasteiger partial charge >= 0.3 is 0 Å². The summed E-state index contributed by atoms with van der Waals surface area (Å²) in [7, 11) is 0. The Hall–Kier alpha value is -4.28. The number of amides is 8. The number of primary amides is 1. The van der Waals surface area contributed by atoms with Gasteiger partial charge in [-0.1, -0.05) is 27.7 Å². The second-order valence-electron chi connectivity index (χ2n) is 12.6. The highest BCUT2D eigenvalue weighted by Gasteiger charge is 2.41. The summed E-state index contributed by atoms with van der Waals surface area (Å²) >= 11 is 0. The van der Waals surface area contributed by atoms with E-state index in [0.29, 0.717) is 6.42 Å². The van der Waals surface area contributed by atoms with E-state index < -0.39 is 108 Å². The van der Waals surface area contributed by atoms with Crippen LogP contribution < -0.4 is 37.6 Å². The molecule has 0 saturated carbocycles. The quantitative estimate of drug-likeness (QED) is 0.141. The normalized spacial score (nSPS) is 28.6. The number of fused-ring (bicyclic) bond motifs is 1. The van der Waals surface area contributed by atoms with Crippen molar-refractivity contribution in [3.8, 4) is 0 Å². The SMILES string of the molecule is CC(C)C[C@@H]1NC(=O)CNC(=O)[C@@H]2CCCN2C(=O)[C@@H]([C@@H](C)O)NC(=O)[C@H](C(C)C)NC(=O)[C@H](C)NC(=O)[C@H](CC(N)=O)NC1=O. The molecule has 0 bridgehead atoms. The molecule has 2 aliphatic rings. The van der Waals surface area contributed by atoms with E-state index in [9.17, 15) is 43.5 Å². The molecule has 0 radical (unpaired) electrons. The highest BCUT2D eigenvalue weighted by molar-refractivity contribution is 5.99. The van der Waals surface area contributed by atoms with Crippen LogP contribution in [0.15, 0.2) is 0 Å². The smallest absolute Gasteiger partial charge is 0.248 e. The minimum atomic E-state index is -1.50. The number of aliphatic hydroxyl groups is 1. The maximum absolute atomic E-state index is 13.5. The molecule has 0 aromatic rings. The van der Waals surface area contributed by atoms with Gasteiger partial charge in [-0.25, -0.2) is 0 Å². The molecule has 258 valence electrons. The van der Waals surface area contributed by atoms with E-state index in [2.05, 4.69) is 31.9 Å². The Labute approximate surface area is 267 Å². The number of rotatable bonds is 6. The van der Waals surface area contributed by atoms with Gasteiger partial charge < -0.3 is 47.6 Å². The Morgan fingerprint density at radius 3 is 2.00 bits per heavy atom. The summed E-state index contributed by atoms with van der Waals surface area (Å²) in [6.45, 7) is 9.10. The lowest BCUT2D eigenvalue weighted by Gasteiger charge is -2.31. The van der Waals surface area contributed by atoms with Crippen molar-refractivity contribution in [2.45, 2.75) is 110 Å². The molecule has 0 aromatic carbocycles. The van der Waals surface area contributed by atoms with E-state index >= 15 is 0 Å². The maximum Gasteiger partial charge on any atom is 0.248 e. The lowest BCUT2D eigenvalue weighted by atomic mass is 10.0. The Morgan fingerprint density at radius 2 is 1.43 bits per heavy atom. The van der Waals surface area contributed by atoms with Crippen LogP contribution in [0.25, 0.3) is 0 Å². The van der Waals surface area contributed by atoms with Crippen molar-refractivity contribution in [2.75, 3.05) is 13.1 Å². The molecule has 0 spiro atoms. The third-order valence-electron chi connectivity index (χ3n) is 7.70. The average Bonchev–Trinajstić information content (AvgIpc) is 3.45. The number of carbonyl (C=O) groups is 8. The van der Waals surface area contributed by atoms with E-state index in [4.69, 9.17) is 5.73 Å². The summed E-state index contributed by atoms with van der Waals surface area (Å²) < 4.78 is 0. The summed E-state index contributed by atoms with van der Waals surface area (Å²) in [6.07, 6.45) is -1.14. The molecule has 7 atom stereocenters. The Balaban J connectivity index is 2.49. The Bertz CT molecular complexity index is 1190. The molecule has 2 aliphatic heterocycles. The molecular weight excluding hydrogens is 604 g/mol. The van der Waals surface area contributed by atoms with Gasteiger partial charge in [0.25, 0.3) is 0 Å². The molecule has 0 aromatic heterocycles. The molecule has 17 heteroatoms. The van der Waals surface area contributed by atoms with Gasteiger partial charge in [0.05, 0.1) is 19.1 Å². The minimum absolute atomic E-state index is 0.0996. The summed E-state index contributed by atoms with van der Waals surface area (Å²) in [4.78, 5) is 105. The first-order valence-corrected chi connectivity index (χ1v) is 15.5. The molecule has 0 unspecified atom stereocenters. The van der Waals surface area contributed by atoms with E-state index in [0.717, 1.165) is 0 Å². The van der Waals surface area contributed by atoms with Crippen LogP contribution in [0.2, 0.25) is 0 Å². The average molecular weight is 653 g/mol. The first-order chi connectivity index (χ1) is 21.4. The monoisotopic (exact) mass is 652 g/mol. The van der Waals surface area contributed by atoms with Crippen LogP contribution in [0.5, 0.6) is 0 Å². The molecule has 2 rings (SSSR count). The van der Waals surface area contributed by atoms with Crippen molar-refractivity contribution in [1.82, 2.24) is 36.8 Å². The van der Waals surface area contributed by atoms with Crippen molar-refractivity contribution in [1.29, 1.82) is 0 Å². The lowest BCUT2D eigenvalue weighted by Crippen LogP contribution is -2.61. The van der Waals surface area contributed by atoms with E-state index in [-0.39, 0.29) is 25.3 Å². The van der Waals surface area contributed by atoms with Gasteiger partial charge in [0.2, 0.25) is 47.3 Å². The number of nitrogens with one attached hydrogen (secondary N) is 6. The van der Waals surface area contributed by atoms with Gasteiger partial charge in [-0.15, -0.1) is 0 Å². The van der Waals surface area contributed by atoms with Crippen LogP contribution >= 0.6 is 0 Å². The van der Waals surface area contributed by atoms with Crippen LogP contribution in [0, 0.1) is 11.8 Å². The van der Waals surface area contributed by atoms with Gasteiger partial charge in [0, 0.05) is 6.54 Å². The molecule has 17 nitrogen and oxygen atoms in total. The van der Waals surface area contributed by atoms with E-state index in [1.165, 1.54) is 18.7 Å². The topological polar surface area (TPSA) is 258 Å². The van der Waals surface area contributed by atoms with E-state index in [1.54, 1.807) is 27.7 Å². The molecule has 9 N–H and O–H groups in total. The highest BCUT2D eigenvalue weighted by Crippen LogP contribution is 2.20. The van der Waals surface area contributed by atoms with Crippen molar-refractivity contribution in [3.63, 3.8) is 0 Å². The zero-order valence-electron chi connectivity index (χ0n) is 27.2. The fourth-order valence-corrected chi connectivity index (χ4v) is 5.22. The van der Waals surface area contributed by atoms with Gasteiger partial charge in [-0.3, -0.25) is 38.4 Å². The maximum atomic E-state index is 13.5. The standard InChI is InChI=1S/C29H48N8O9/c1-13(2)10-17-26(43)34-18(11-20(30)39)25(42)32-15(5)24(41)35-22(14(3)4)28(45)36-23(16(6)38)29(46)37-9-7-8-19(37)27(44)31-12-21(40)33-17/h13-19,22-23,38H,7-12H2,1-6H3,(H2,30,39)(H,31,44)(H,32,42)(H,33,40)(H,34,43)(H,35,41)(H,36,45)/t15-,16+,17-,18-,19-,22-,23+/m0/s1. The second-order valence-corrected chi connectivity index (χ2v) is 12.6. The predicted molar refractivity (Wildman–Crippen MR) is 163 cm³/mol. The summed E-state index contributed by atoms with van der Waals surface area (Å²) in [5, 5.41) is 25.3. The molecular formula is C29H48N8O9. The van der Waals surface area contributed by atoms with Crippen molar-refractivity contribution >= 4 is 47.3 Å². The number of carbonyl (C=O) groups excluding carboxylic acids is 8. The Morgan fingerprint density at radius 1 is 0.826 bits per heavy atom. The zero-order chi connectivity index (χ0) is 34.9. The Kier molecular flexibility index (Phi) is 13.9. The number of aliphatic hydroxyl groups excluding tert-OH is 1. The van der Waals surface area contributed by atoms with Crippen LogP contribution in [0.4, 0.5) is 0 Å². The van der Waals surface area contributed by atoms with E-state index in [1.807, 2.05) is 0 Å². The fraction of sp³-hybridized carbons (Fsp3) is 0.724. The van der Waals surface area contributed by atoms with Crippen molar-refractivity contribution in [2.24, 2.45) is 17.6 Å². The van der Waals surface area contributed by atoms with Gasteiger partial charge in [-0.2, -0.15) is 0 Å². The first kappa shape index (κ1) is 37.9. The second kappa shape index (κ2) is 16.9. The number of hydrogen-bond donors (Lipinski definition) is 8. The lowest BCUT2D eigenvalue weighted by molar-refractivity contribution is -0.144. The minimum Gasteiger partial charge on any atom is -0.391 e. The molecule has 46 heavy (non-hydrogen) atoms.